The average molecular weight is 386 g/mol. The van der Waals surface area contributed by atoms with Crippen LogP contribution in [0.4, 0.5) is 5.69 Å². The van der Waals surface area contributed by atoms with Gasteiger partial charge in [-0.05, 0) is 45.7 Å². The van der Waals surface area contributed by atoms with Gasteiger partial charge in [-0.25, -0.2) is 0 Å². The van der Waals surface area contributed by atoms with Gasteiger partial charge in [-0.2, -0.15) is 4.99 Å². The first-order valence-corrected chi connectivity index (χ1v) is 9.49. The van der Waals surface area contributed by atoms with E-state index in [1.165, 1.54) is 0 Å². The molecule has 1 atom stereocenters. The standard InChI is InChI=1S/C20H31N7O/c1-13(2)25-20(27-19(21)22)24-10-5-7-14(3)26-17-12-16(28-4)11-15-8-6-9-23-18(15)17/h6,8-9,11-14,26H,5,7,10H2,1-4H3,(H5,21,22,24,25,27). The molecule has 0 aliphatic carbocycles. The molecular weight excluding hydrogens is 354 g/mol. The van der Waals surface area contributed by atoms with Gasteiger partial charge in [-0.1, -0.05) is 6.07 Å². The second-order valence-corrected chi connectivity index (χ2v) is 6.98. The lowest BCUT2D eigenvalue weighted by Crippen LogP contribution is -2.33. The molecule has 2 rings (SSSR count). The van der Waals surface area contributed by atoms with Crippen LogP contribution in [-0.4, -0.2) is 42.6 Å². The van der Waals surface area contributed by atoms with Gasteiger partial charge in [0.05, 0.1) is 18.3 Å². The second-order valence-electron chi connectivity index (χ2n) is 6.98. The summed E-state index contributed by atoms with van der Waals surface area (Å²) in [4.78, 5) is 13.0. The van der Waals surface area contributed by atoms with E-state index in [2.05, 4.69) is 32.5 Å². The van der Waals surface area contributed by atoms with Crippen LogP contribution in [0, 0.1) is 0 Å². The summed E-state index contributed by atoms with van der Waals surface area (Å²) in [6.45, 7) is 6.79. The molecule has 0 saturated heterocycles. The van der Waals surface area contributed by atoms with Crippen LogP contribution in [0.15, 0.2) is 40.4 Å². The van der Waals surface area contributed by atoms with Gasteiger partial charge < -0.3 is 26.8 Å². The van der Waals surface area contributed by atoms with Gasteiger partial charge in [0, 0.05) is 36.3 Å². The predicted octanol–water partition coefficient (Wildman–Crippen LogP) is 2.45. The van der Waals surface area contributed by atoms with Crippen molar-refractivity contribution in [1.29, 1.82) is 0 Å². The average Bonchev–Trinajstić information content (AvgIpc) is 2.64. The summed E-state index contributed by atoms with van der Waals surface area (Å²) in [5, 5.41) is 7.72. The lowest BCUT2D eigenvalue weighted by atomic mass is 10.1. The van der Waals surface area contributed by atoms with Crippen LogP contribution >= 0.6 is 0 Å². The number of nitrogens with one attached hydrogen (secondary N) is 2. The highest BCUT2D eigenvalue weighted by atomic mass is 16.5. The van der Waals surface area contributed by atoms with Crippen molar-refractivity contribution in [2.24, 2.45) is 21.5 Å². The van der Waals surface area contributed by atoms with E-state index in [1.54, 1.807) is 13.3 Å². The molecule has 1 aromatic heterocycles. The molecule has 0 bridgehead atoms. The predicted molar refractivity (Wildman–Crippen MR) is 117 cm³/mol. The lowest BCUT2D eigenvalue weighted by Gasteiger charge is -2.17. The monoisotopic (exact) mass is 385 g/mol. The van der Waals surface area contributed by atoms with E-state index in [0.717, 1.165) is 35.2 Å². The van der Waals surface area contributed by atoms with Crippen LogP contribution in [0.2, 0.25) is 0 Å². The van der Waals surface area contributed by atoms with E-state index in [4.69, 9.17) is 16.2 Å². The molecule has 0 amide bonds. The number of hydrogen-bond donors (Lipinski definition) is 4. The number of nitrogens with zero attached hydrogens (tertiary/aromatic N) is 3. The normalized spacial score (nSPS) is 12.7. The molecule has 0 saturated carbocycles. The molecule has 8 nitrogen and oxygen atoms in total. The van der Waals surface area contributed by atoms with E-state index in [1.807, 2.05) is 38.1 Å². The SMILES string of the molecule is COc1cc(NC(C)CCCN=C(N=C(N)N)NC(C)C)c2ncccc2c1. The van der Waals surface area contributed by atoms with Gasteiger partial charge in [-0.3, -0.25) is 9.98 Å². The van der Waals surface area contributed by atoms with Crippen molar-refractivity contribution < 1.29 is 4.74 Å². The van der Waals surface area contributed by atoms with E-state index >= 15 is 0 Å². The number of anilines is 1. The van der Waals surface area contributed by atoms with Gasteiger partial charge in [-0.15, -0.1) is 0 Å². The number of ether oxygens (including phenoxy) is 1. The highest BCUT2D eigenvalue weighted by Gasteiger charge is 2.09. The number of nitrogens with two attached hydrogens (primary N) is 2. The molecule has 2 aromatic rings. The maximum atomic E-state index is 5.46. The molecule has 28 heavy (non-hydrogen) atoms. The summed E-state index contributed by atoms with van der Waals surface area (Å²) in [6.07, 6.45) is 3.63. The number of hydrogen-bond acceptors (Lipinski definition) is 4. The van der Waals surface area contributed by atoms with E-state index < -0.39 is 0 Å². The number of guanidine groups is 2. The minimum Gasteiger partial charge on any atom is -0.497 e. The third kappa shape index (κ3) is 6.61. The molecule has 1 unspecified atom stereocenters. The molecule has 1 heterocycles. The Bertz CT molecular complexity index is 828. The van der Waals surface area contributed by atoms with Crippen LogP contribution in [0.5, 0.6) is 5.75 Å². The van der Waals surface area contributed by atoms with Gasteiger partial charge in [0.15, 0.2) is 5.96 Å². The fourth-order valence-corrected chi connectivity index (χ4v) is 2.81. The molecule has 6 N–H and O–H groups in total. The number of aromatic nitrogens is 1. The number of fused-ring (bicyclic) bond motifs is 1. The first-order chi connectivity index (χ1) is 13.4. The Morgan fingerprint density at radius 3 is 2.71 bits per heavy atom. The highest BCUT2D eigenvalue weighted by Crippen LogP contribution is 2.28. The Kier molecular flexibility index (Phi) is 7.86. The van der Waals surface area contributed by atoms with Crippen molar-refractivity contribution in [1.82, 2.24) is 10.3 Å². The van der Waals surface area contributed by atoms with Crippen LogP contribution in [0.1, 0.15) is 33.6 Å². The maximum absolute atomic E-state index is 5.46. The molecule has 0 spiro atoms. The van der Waals surface area contributed by atoms with Crippen molar-refractivity contribution in [3.8, 4) is 5.75 Å². The number of benzene rings is 1. The van der Waals surface area contributed by atoms with Crippen molar-refractivity contribution >= 4 is 28.5 Å². The Labute approximate surface area is 166 Å². The number of pyridine rings is 1. The zero-order valence-electron chi connectivity index (χ0n) is 17.1. The molecule has 8 heteroatoms. The Hall–Kier alpha value is -3.03. The quantitative estimate of drug-likeness (QED) is 0.314. The molecule has 0 fully saturated rings. The summed E-state index contributed by atoms with van der Waals surface area (Å²) in [6, 6.07) is 8.37. The van der Waals surface area contributed by atoms with E-state index in [0.29, 0.717) is 12.5 Å². The van der Waals surface area contributed by atoms with Gasteiger partial charge in [0.25, 0.3) is 0 Å². The zero-order valence-corrected chi connectivity index (χ0v) is 17.1. The zero-order chi connectivity index (χ0) is 20.5. The second kappa shape index (κ2) is 10.3. The van der Waals surface area contributed by atoms with Gasteiger partial charge >= 0.3 is 0 Å². The maximum Gasteiger partial charge on any atom is 0.221 e. The fraction of sp³-hybridized carbons (Fsp3) is 0.450. The fourth-order valence-electron chi connectivity index (χ4n) is 2.81. The topological polar surface area (TPSA) is 123 Å². The van der Waals surface area contributed by atoms with Crippen molar-refractivity contribution in [3.63, 3.8) is 0 Å². The minimum absolute atomic E-state index is 0.000613. The molecule has 0 aliphatic rings. The summed E-state index contributed by atoms with van der Waals surface area (Å²) >= 11 is 0. The molecule has 152 valence electrons. The van der Waals surface area contributed by atoms with E-state index in [-0.39, 0.29) is 18.0 Å². The summed E-state index contributed by atoms with van der Waals surface area (Å²) in [7, 11) is 1.67. The number of aliphatic imine (C=N–C) groups is 2. The van der Waals surface area contributed by atoms with Crippen LogP contribution in [0.3, 0.4) is 0 Å². The Balaban J connectivity index is 1.97. The first-order valence-electron chi connectivity index (χ1n) is 9.49. The van der Waals surface area contributed by atoms with Gasteiger partial charge in [0.1, 0.15) is 5.75 Å². The number of rotatable bonds is 8. The first kappa shape index (κ1) is 21.3. The third-order valence-corrected chi connectivity index (χ3v) is 4.03. The number of methoxy groups -OCH3 is 1. The smallest absolute Gasteiger partial charge is 0.221 e. The van der Waals surface area contributed by atoms with Crippen LogP contribution in [-0.2, 0) is 0 Å². The van der Waals surface area contributed by atoms with Crippen LogP contribution < -0.4 is 26.8 Å². The van der Waals surface area contributed by atoms with Crippen LogP contribution in [0.25, 0.3) is 10.9 Å². The van der Waals surface area contributed by atoms with Crippen molar-refractivity contribution in [3.05, 3.63) is 30.5 Å². The lowest BCUT2D eigenvalue weighted by molar-refractivity contribution is 0.415. The molecule has 1 aromatic carbocycles. The van der Waals surface area contributed by atoms with Gasteiger partial charge in [0.2, 0.25) is 5.96 Å². The van der Waals surface area contributed by atoms with Crippen molar-refractivity contribution in [2.75, 3.05) is 19.0 Å². The van der Waals surface area contributed by atoms with E-state index in [9.17, 15) is 0 Å². The summed E-state index contributed by atoms with van der Waals surface area (Å²) in [5.41, 5.74) is 12.8. The Morgan fingerprint density at radius 1 is 1.25 bits per heavy atom. The third-order valence-electron chi connectivity index (χ3n) is 4.03. The molecule has 0 aliphatic heterocycles. The summed E-state index contributed by atoms with van der Waals surface area (Å²) < 4.78 is 5.41. The highest BCUT2D eigenvalue weighted by molar-refractivity contribution is 5.93. The Morgan fingerprint density at radius 2 is 2.04 bits per heavy atom. The summed E-state index contributed by atoms with van der Waals surface area (Å²) in [5.74, 6) is 1.28. The van der Waals surface area contributed by atoms with Crippen molar-refractivity contribution in [2.45, 2.75) is 45.7 Å². The largest absolute Gasteiger partial charge is 0.497 e. The minimum atomic E-state index is -0.000613. The molecular formula is C20H31N7O. The molecule has 0 radical (unpaired) electrons.